The summed E-state index contributed by atoms with van der Waals surface area (Å²) in [6.07, 6.45) is 1.50. The normalized spacial score (nSPS) is 11.1. The van der Waals surface area contributed by atoms with E-state index in [1.165, 1.54) is 6.33 Å². The Morgan fingerprint density at radius 3 is 2.89 bits per heavy atom. The number of carbonyl (C=O) groups excluding carboxylic acids is 1. The molecule has 0 atom stereocenters. The van der Waals surface area contributed by atoms with E-state index < -0.39 is 5.97 Å². The van der Waals surface area contributed by atoms with Gasteiger partial charge in [0.05, 0.1) is 6.42 Å². The summed E-state index contributed by atoms with van der Waals surface area (Å²) in [5.41, 5.74) is 4.19. The van der Waals surface area contributed by atoms with Crippen molar-refractivity contribution in [1.82, 2.24) is 29.8 Å². The predicted molar refractivity (Wildman–Crippen MR) is 98.2 cm³/mol. The van der Waals surface area contributed by atoms with Gasteiger partial charge in [0, 0.05) is 22.5 Å². The number of nitrogens with zero attached hydrogens (tertiary/aromatic N) is 6. The SMILES string of the molecule is Cc1cccc(-c2nnc(COC(=O)Cc3c(C)nc4ncnn4c3C)o2)c1. The van der Waals surface area contributed by atoms with Gasteiger partial charge in [-0.3, -0.25) is 4.79 Å². The maximum Gasteiger partial charge on any atom is 0.310 e. The smallest absolute Gasteiger partial charge is 0.310 e. The maximum atomic E-state index is 12.3. The Bertz CT molecular complexity index is 1160. The van der Waals surface area contributed by atoms with Gasteiger partial charge in [0.25, 0.3) is 11.7 Å². The highest BCUT2D eigenvalue weighted by molar-refractivity contribution is 5.73. The van der Waals surface area contributed by atoms with Crippen molar-refractivity contribution in [2.75, 3.05) is 0 Å². The lowest BCUT2D eigenvalue weighted by Crippen LogP contribution is -2.13. The first-order valence-corrected chi connectivity index (χ1v) is 8.72. The molecule has 4 aromatic rings. The average molecular weight is 378 g/mol. The van der Waals surface area contributed by atoms with Crippen molar-refractivity contribution in [2.45, 2.75) is 33.8 Å². The average Bonchev–Trinajstić information content (AvgIpc) is 3.33. The van der Waals surface area contributed by atoms with Crippen molar-refractivity contribution in [3.8, 4) is 11.5 Å². The Labute approximate surface area is 160 Å². The molecule has 9 heteroatoms. The molecule has 0 aliphatic heterocycles. The van der Waals surface area contributed by atoms with Crippen LogP contribution >= 0.6 is 0 Å². The van der Waals surface area contributed by atoms with Crippen molar-refractivity contribution < 1.29 is 13.9 Å². The number of hydrogen-bond acceptors (Lipinski definition) is 8. The van der Waals surface area contributed by atoms with Crippen molar-refractivity contribution in [1.29, 1.82) is 0 Å². The quantitative estimate of drug-likeness (QED) is 0.487. The molecule has 0 bridgehead atoms. The molecule has 142 valence electrons. The molecule has 0 aliphatic rings. The van der Waals surface area contributed by atoms with Crippen LogP contribution in [0.3, 0.4) is 0 Å². The largest absolute Gasteiger partial charge is 0.455 e. The van der Waals surface area contributed by atoms with Crippen LogP contribution < -0.4 is 0 Å². The number of hydrogen-bond donors (Lipinski definition) is 0. The fraction of sp³-hybridized carbons (Fsp3) is 0.263. The van der Waals surface area contributed by atoms with E-state index in [1.807, 2.05) is 45.0 Å². The molecule has 0 amide bonds. The number of esters is 1. The van der Waals surface area contributed by atoms with Crippen molar-refractivity contribution in [3.05, 3.63) is 59.0 Å². The minimum Gasteiger partial charge on any atom is -0.455 e. The zero-order valence-electron chi connectivity index (χ0n) is 15.7. The highest BCUT2D eigenvalue weighted by Crippen LogP contribution is 2.19. The predicted octanol–water partition coefficient (Wildman–Crippen LogP) is 2.39. The number of fused-ring (bicyclic) bond motifs is 1. The first kappa shape index (κ1) is 17.8. The van der Waals surface area contributed by atoms with Crippen LogP contribution in [0.5, 0.6) is 0 Å². The molecule has 3 aromatic heterocycles. The molecule has 0 saturated heterocycles. The number of benzene rings is 1. The third-order valence-electron chi connectivity index (χ3n) is 4.40. The van der Waals surface area contributed by atoms with E-state index in [9.17, 15) is 4.79 Å². The van der Waals surface area contributed by atoms with E-state index in [0.717, 1.165) is 28.1 Å². The topological polar surface area (TPSA) is 108 Å². The fourth-order valence-electron chi connectivity index (χ4n) is 2.96. The van der Waals surface area contributed by atoms with Gasteiger partial charge in [0.1, 0.15) is 6.33 Å². The summed E-state index contributed by atoms with van der Waals surface area (Å²) < 4.78 is 12.5. The van der Waals surface area contributed by atoms with Gasteiger partial charge >= 0.3 is 5.97 Å². The van der Waals surface area contributed by atoms with Crippen LogP contribution in [0.4, 0.5) is 0 Å². The summed E-state index contributed by atoms with van der Waals surface area (Å²) in [4.78, 5) is 20.7. The molecule has 0 fully saturated rings. The van der Waals surface area contributed by atoms with Crippen LogP contribution in [-0.2, 0) is 22.6 Å². The number of carbonyl (C=O) groups is 1. The van der Waals surface area contributed by atoms with Crippen LogP contribution in [-0.4, -0.2) is 35.7 Å². The van der Waals surface area contributed by atoms with Crippen molar-refractivity contribution in [3.63, 3.8) is 0 Å². The van der Waals surface area contributed by atoms with Gasteiger partial charge in [0.15, 0.2) is 6.61 Å². The van der Waals surface area contributed by atoms with Gasteiger partial charge in [0.2, 0.25) is 5.89 Å². The van der Waals surface area contributed by atoms with Crippen LogP contribution in [0.25, 0.3) is 17.2 Å². The van der Waals surface area contributed by atoms with Crippen LogP contribution in [0, 0.1) is 20.8 Å². The molecule has 1 aromatic carbocycles. The standard InChI is InChI=1S/C19H18N6O3/c1-11-5-4-6-14(7-11)18-24-23-16(28-18)9-27-17(26)8-15-12(2)22-19-20-10-21-25(19)13(15)3/h4-7,10H,8-9H2,1-3H3. The van der Waals surface area contributed by atoms with E-state index in [1.54, 1.807) is 4.52 Å². The molecule has 0 N–H and O–H groups in total. The molecule has 3 heterocycles. The Balaban J connectivity index is 1.43. The van der Waals surface area contributed by atoms with Gasteiger partial charge in [-0.15, -0.1) is 10.2 Å². The van der Waals surface area contributed by atoms with Crippen molar-refractivity contribution in [2.24, 2.45) is 0 Å². The third-order valence-corrected chi connectivity index (χ3v) is 4.40. The number of ether oxygens (including phenoxy) is 1. The highest BCUT2D eigenvalue weighted by Gasteiger charge is 2.16. The first-order valence-electron chi connectivity index (χ1n) is 8.72. The van der Waals surface area contributed by atoms with Gasteiger partial charge < -0.3 is 9.15 Å². The van der Waals surface area contributed by atoms with E-state index in [0.29, 0.717) is 11.7 Å². The zero-order chi connectivity index (χ0) is 19.7. The number of aromatic nitrogens is 6. The second kappa shape index (κ2) is 7.18. The fourth-order valence-corrected chi connectivity index (χ4v) is 2.96. The molecule has 0 radical (unpaired) electrons. The minimum absolute atomic E-state index is 0.0688. The minimum atomic E-state index is -0.414. The van der Waals surface area contributed by atoms with Gasteiger partial charge in [-0.1, -0.05) is 17.7 Å². The third kappa shape index (κ3) is 3.46. The van der Waals surface area contributed by atoms with Crippen LogP contribution in [0.1, 0.15) is 28.4 Å². The number of rotatable bonds is 5. The highest BCUT2D eigenvalue weighted by atomic mass is 16.5. The molecule has 0 aliphatic carbocycles. The molecule has 4 rings (SSSR count). The number of aryl methyl sites for hydroxylation is 3. The summed E-state index contributed by atoms with van der Waals surface area (Å²) in [7, 11) is 0. The zero-order valence-corrected chi connectivity index (χ0v) is 15.7. The molecule has 0 unspecified atom stereocenters. The lowest BCUT2D eigenvalue weighted by molar-refractivity contribution is -0.144. The monoisotopic (exact) mass is 378 g/mol. The molecule has 0 spiro atoms. The summed E-state index contributed by atoms with van der Waals surface area (Å²) >= 11 is 0. The Hall–Kier alpha value is -3.62. The second-order valence-corrected chi connectivity index (χ2v) is 6.44. The Morgan fingerprint density at radius 1 is 1.21 bits per heavy atom. The van der Waals surface area contributed by atoms with Crippen LogP contribution in [0.2, 0.25) is 0 Å². The lowest BCUT2D eigenvalue weighted by Gasteiger charge is -2.09. The van der Waals surface area contributed by atoms with Gasteiger partial charge in [-0.2, -0.15) is 10.1 Å². The summed E-state index contributed by atoms with van der Waals surface area (Å²) in [5, 5.41) is 12.1. The van der Waals surface area contributed by atoms with Crippen LogP contribution in [0.15, 0.2) is 35.0 Å². The molecule has 28 heavy (non-hydrogen) atoms. The lowest BCUT2D eigenvalue weighted by atomic mass is 10.1. The summed E-state index contributed by atoms with van der Waals surface area (Å²) in [6, 6.07) is 7.73. The summed E-state index contributed by atoms with van der Waals surface area (Å²) in [6.45, 7) is 5.59. The van der Waals surface area contributed by atoms with Gasteiger partial charge in [-0.25, -0.2) is 9.50 Å². The molecular formula is C19H18N6O3. The van der Waals surface area contributed by atoms with Crippen molar-refractivity contribution >= 4 is 11.7 Å². The molecule has 0 saturated carbocycles. The Morgan fingerprint density at radius 2 is 2.07 bits per heavy atom. The van der Waals surface area contributed by atoms with E-state index in [-0.39, 0.29) is 18.9 Å². The first-order chi connectivity index (χ1) is 13.5. The Kier molecular flexibility index (Phi) is 4.56. The van der Waals surface area contributed by atoms with E-state index >= 15 is 0 Å². The molecular weight excluding hydrogens is 360 g/mol. The van der Waals surface area contributed by atoms with E-state index in [4.69, 9.17) is 9.15 Å². The second-order valence-electron chi connectivity index (χ2n) is 6.44. The molecule has 9 nitrogen and oxygen atoms in total. The maximum absolute atomic E-state index is 12.3. The van der Waals surface area contributed by atoms with Gasteiger partial charge in [-0.05, 0) is 32.9 Å². The summed E-state index contributed by atoms with van der Waals surface area (Å²) in [5.74, 6) is 0.717. The van der Waals surface area contributed by atoms with E-state index in [2.05, 4.69) is 25.3 Å².